The van der Waals surface area contributed by atoms with Crippen LogP contribution in [0, 0.1) is 11.3 Å². The predicted octanol–water partition coefficient (Wildman–Crippen LogP) is 4.68. The summed E-state index contributed by atoms with van der Waals surface area (Å²) in [4.78, 5) is 0. The third-order valence-electron chi connectivity index (χ3n) is 2.73. The number of halogens is 4. The summed E-state index contributed by atoms with van der Waals surface area (Å²) in [7, 11) is 0. The van der Waals surface area contributed by atoms with Crippen molar-refractivity contribution in [3.8, 4) is 6.07 Å². The molecule has 2 aromatic carbocycles. The highest BCUT2D eigenvalue weighted by molar-refractivity contribution is 6.33. The molecule has 0 aliphatic rings. The lowest BCUT2D eigenvalue weighted by Crippen LogP contribution is -2.05. The maximum Gasteiger partial charge on any atom is 0.416 e. The Hall–Kier alpha value is -2.52. The van der Waals surface area contributed by atoms with Crippen molar-refractivity contribution in [3.05, 3.63) is 64.2 Å². The van der Waals surface area contributed by atoms with E-state index in [-0.39, 0.29) is 10.7 Å². The summed E-state index contributed by atoms with van der Waals surface area (Å²) in [5.74, 6) is 0. The minimum atomic E-state index is -4.45. The number of rotatable bonds is 3. The van der Waals surface area contributed by atoms with E-state index in [0.717, 1.165) is 18.2 Å². The van der Waals surface area contributed by atoms with E-state index >= 15 is 0 Å². The average molecular weight is 324 g/mol. The van der Waals surface area contributed by atoms with Gasteiger partial charge in [0.05, 0.1) is 34.1 Å². The first-order valence-electron chi connectivity index (χ1n) is 6.06. The lowest BCUT2D eigenvalue weighted by Gasteiger charge is -2.09. The van der Waals surface area contributed by atoms with Crippen molar-refractivity contribution in [1.29, 1.82) is 5.26 Å². The molecule has 0 aromatic heterocycles. The first kappa shape index (κ1) is 15.9. The maximum atomic E-state index is 12.6. The average Bonchev–Trinajstić information content (AvgIpc) is 2.48. The number of hydrogen-bond acceptors (Lipinski definition) is 3. The molecule has 112 valence electrons. The van der Waals surface area contributed by atoms with E-state index < -0.39 is 11.7 Å². The summed E-state index contributed by atoms with van der Waals surface area (Å²) in [6, 6.07) is 11.5. The van der Waals surface area contributed by atoms with Gasteiger partial charge in [0.15, 0.2) is 0 Å². The van der Waals surface area contributed by atoms with Crippen molar-refractivity contribution in [1.82, 2.24) is 0 Å². The van der Waals surface area contributed by atoms with Crippen molar-refractivity contribution < 1.29 is 13.2 Å². The van der Waals surface area contributed by atoms with Crippen LogP contribution in [0.5, 0.6) is 0 Å². The summed E-state index contributed by atoms with van der Waals surface area (Å²) in [5.41, 5.74) is 2.91. The molecule has 0 saturated carbocycles. The second-order valence-corrected chi connectivity index (χ2v) is 4.70. The summed E-state index contributed by atoms with van der Waals surface area (Å²) < 4.78 is 37.9. The highest BCUT2D eigenvalue weighted by Crippen LogP contribution is 2.33. The third kappa shape index (κ3) is 3.99. The molecule has 0 aliphatic heterocycles. The molecule has 2 aromatic rings. The van der Waals surface area contributed by atoms with E-state index in [1.165, 1.54) is 6.21 Å². The minimum Gasteiger partial charge on any atom is -0.277 e. The van der Waals surface area contributed by atoms with Crippen molar-refractivity contribution in [3.63, 3.8) is 0 Å². The van der Waals surface area contributed by atoms with E-state index in [9.17, 15) is 13.2 Å². The van der Waals surface area contributed by atoms with E-state index in [1.54, 1.807) is 24.3 Å². The Labute approximate surface area is 129 Å². The molecule has 0 atom stereocenters. The topological polar surface area (TPSA) is 48.2 Å². The number of nitriles is 1. The van der Waals surface area contributed by atoms with Gasteiger partial charge in [0, 0.05) is 0 Å². The second-order valence-electron chi connectivity index (χ2n) is 4.30. The van der Waals surface area contributed by atoms with Gasteiger partial charge in [-0.3, -0.25) is 5.43 Å². The number of anilines is 1. The molecule has 7 heteroatoms. The second kappa shape index (κ2) is 6.50. The van der Waals surface area contributed by atoms with Gasteiger partial charge in [-0.1, -0.05) is 23.7 Å². The van der Waals surface area contributed by atoms with Crippen LogP contribution in [0.2, 0.25) is 5.02 Å². The SMILES string of the molecule is N#Cc1ccc(/C=N\Nc2cc(C(F)(F)F)ccc2Cl)cc1. The molecular formula is C15H9ClF3N3. The third-order valence-corrected chi connectivity index (χ3v) is 3.06. The maximum absolute atomic E-state index is 12.6. The van der Waals surface area contributed by atoms with Crippen LogP contribution in [0.3, 0.4) is 0 Å². The minimum absolute atomic E-state index is 0.0568. The van der Waals surface area contributed by atoms with E-state index in [1.807, 2.05) is 6.07 Å². The Morgan fingerprint density at radius 2 is 1.82 bits per heavy atom. The zero-order valence-corrected chi connectivity index (χ0v) is 11.8. The van der Waals surface area contributed by atoms with Crippen LogP contribution in [0.25, 0.3) is 0 Å². The lowest BCUT2D eigenvalue weighted by atomic mass is 10.2. The van der Waals surface area contributed by atoms with Crippen molar-refractivity contribution in [2.45, 2.75) is 6.18 Å². The quantitative estimate of drug-likeness (QED) is 0.658. The Morgan fingerprint density at radius 3 is 2.41 bits per heavy atom. The van der Waals surface area contributed by atoms with Crippen LogP contribution >= 0.6 is 11.6 Å². The molecule has 0 radical (unpaired) electrons. The van der Waals surface area contributed by atoms with Crippen LogP contribution in [0.15, 0.2) is 47.6 Å². The molecule has 0 aliphatic carbocycles. The highest BCUT2D eigenvalue weighted by atomic mass is 35.5. The Balaban J connectivity index is 2.13. The van der Waals surface area contributed by atoms with Crippen molar-refractivity contribution >= 4 is 23.5 Å². The largest absolute Gasteiger partial charge is 0.416 e. The summed E-state index contributed by atoms with van der Waals surface area (Å²) in [6.45, 7) is 0. The van der Waals surface area contributed by atoms with Gasteiger partial charge < -0.3 is 0 Å². The predicted molar refractivity (Wildman–Crippen MR) is 78.8 cm³/mol. The molecule has 2 rings (SSSR count). The number of alkyl halides is 3. The number of nitrogens with one attached hydrogen (secondary N) is 1. The zero-order chi connectivity index (χ0) is 16.2. The van der Waals surface area contributed by atoms with E-state index in [2.05, 4.69) is 10.5 Å². The lowest BCUT2D eigenvalue weighted by molar-refractivity contribution is -0.137. The molecule has 1 N–H and O–H groups in total. The Kier molecular flexibility index (Phi) is 4.68. The molecule has 0 saturated heterocycles. The van der Waals surface area contributed by atoms with Gasteiger partial charge in [-0.15, -0.1) is 0 Å². The number of hydrazone groups is 1. The fourth-order valence-corrected chi connectivity index (χ4v) is 1.77. The fourth-order valence-electron chi connectivity index (χ4n) is 1.61. The van der Waals surface area contributed by atoms with Gasteiger partial charge in [-0.05, 0) is 35.9 Å². The summed E-state index contributed by atoms with van der Waals surface area (Å²) >= 11 is 5.83. The molecule has 0 unspecified atom stereocenters. The highest BCUT2D eigenvalue weighted by Gasteiger charge is 2.30. The van der Waals surface area contributed by atoms with Crippen LogP contribution in [0.1, 0.15) is 16.7 Å². The standard InChI is InChI=1S/C15H9ClF3N3/c16-13-6-5-12(15(17,18)19)7-14(13)22-21-9-11-3-1-10(8-20)2-4-11/h1-7,9,22H/b21-9-. The Bertz CT molecular complexity index is 731. The molecule has 0 spiro atoms. The molecule has 22 heavy (non-hydrogen) atoms. The molecule has 0 heterocycles. The van der Waals surface area contributed by atoms with Crippen LogP contribution < -0.4 is 5.43 Å². The first-order chi connectivity index (χ1) is 10.4. The smallest absolute Gasteiger partial charge is 0.277 e. The molecule has 0 amide bonds. The molecule has 0 fully saturated rings. The van der Waals surface area contributed by atoms with Crippen molar-refractivity contribution in [2.75, 3.05) is 5.43 Å². The fraction of sp³-hybridized carbons (Fsp3) is 0.0667. The van der Waals surface area contributed by atoms with Gasteiger partial charge >= 0.3 is 6.18 Å². The molecular weight excluding hydrogens is 315 g/mol. The number of nitrogens with zero attached hydrogens (tertiary/aromatic N) is 2. The zero-order valence-electron chi connectivity index (χ0n) is 11.0. The van der Waals surface area contributed by atoms with Gasteiger partial charge in [0.25, 0.3) is 0 Å². The van der Waals surface area contributed by atoms with E-state index in [4.69, 9.17) is 16.9 Å². The summed E-state index contributed by atoms with van der Waals surface area (Å²) in [6.07, 6.45) is -3.03. The first-order valence-corrected chi connectivity index (χ1v) is 6.44. The van der Waals surface area contributed by atoms with Crippen LogP contribution in [-0.2, 0) is 6.18 Å². The number of hydrogen-bond donors (Lipinski definition) is 1. The van der Waals surface area contributed by atoms with E-state index in [0.29, 0.717) is 11.1 Å². The normalized spacial score (nSPS) is 11.4. The van der Waals surface area contributed by atoms with Crippen molar-refractivity contribution in [2.24, 2.45) is 5.10 Å². The van der Waals surface area contributed by atoms with Crippen LogP contribution in [0.4, 0.5) is 18.9 Å². The summed E-state index contributed by atoms with van der Waals surface area (Å²) in [5, 5.41) is 12.6. The molecule has 0 bridgehead atoms. The Morgan fingerprint density at radius 1 is 1.14 bits per heavy atom. The van der Waals surface area contributed by atoms with Gasteiger partial charge in [0.2, 0.25) is 0 Å². The van der Waals surface area contributed by atoms with Crippen LogP contribution in [-0.4, -0.2) is 6.21 Å². The van der Waals surface area contributed by atoms with Gasteiger partial charge in [-0.25, -0.2) is 0 Å². The molecule has 3 nitrogen and oxygen atoms in total. The monoisotopic (exact) mass is 323 g/mol. The number of benzene rings is 2. The van der Waals surface area contributed by atoms with Gasteiger partial charge in [-0.2, -0.15) is 23.5 Å². The van der Waals surface area contributed by atoms with Gasteiger partial charge in [0.1, 0.15) is 0 Å².